The van der Waals surface area contributed by atoms with Crippen molar-refractivity contribution in [3.05, 3.63) is 60.7 Å². The van der Waals surface area contributed by atoms with Crippen LogP contribution in [0, 0.1) is 0 Å². The lowest BCUT2D eigenvalue weighted by molar-refractivity contribution is 0.478. The van der Waals surface area contributed by atoms with Crippen LogP contribution in [0.2, 0.25) is 0 Å². The number of nitrogen functional groups attached to an aromatic ring is 2. The van der Waals surface area contributed by atoms with Gasteiger partial charge in [0.1, 0.15) is 11.5 Å². The summed E-state index contributed by atoms with van der Waals surface area (Å²) in [6.45, 7) is 0. The minimum absolute atomic E-state index is 0.0757. The van der Waals surface area contributed by atoms with E-state index < -0.39 is 0 Å². The molecule has 0 heterocycles. The molecule has 0 unspecified atom stereocenters. The van der Waals surface area contributed by atoms with Crippen molar-refractivity contribution in [3.8, 4) is 22.6 Å². The zero-order chi connectivity index (χ0) is 16.8. The SMILES string of the molecule is Nc1cc2c(-c3cccc4cc(O)c(N)cc34)cccc2cc1O. The highest BCUT2D eigenvalue weighted by Crippen LogP contribution is 2.38. The third-order valence-corrected chi connectivity index (χ3v) is 4.35. The van der Waals surface area contributed by atoms with Crippen LogP contribution in [0.15, 0.2) is 60.7 Å². The number of phenolic OH excluding ortho intramolecular Hbond substituents is 2. The summed E-state index contributed by atoms with van der Waals surface area (Å²) in [5, 5.41) is 23.4. The van der Waals surface area contributed by atoms with Crippen molar-refractivity contribution >= 4 is 32.9 Å². The predicted octanol–water partition coefficient (Wildman–Crippen LogP) is 4.24. The summed E-state index contributed by atoms with van der Waals surface area (Å²) in [5.41, 5.74) is 14.4. The number of aromatic hydroxyl groups is 2. The van der Waals surface area contributed by atoms with Crippen molar-refractivity contribution in [2.24, 2.45) is 0 Å². The van der Waals surface area contributed by atoms with Gasteiger partial charge in [-0.25, -0.2) is 0 Å². The van der Waals surface area contributed by atoms with Gasteiger partial charge >= 0.3 is 0 Å². The van der Waals surface area contributed by atoms with Crippen molar-refractivity contribution in [2.75, 3.05) is 11.5 Å². The van der Waals surface area contributed by atoms with Crippen LogP contribution >= 0.6 is 0 Å². The van der Waals surface area contributed by atoms with Crippen molar-refractivity contribution in [1.29, 1.82) is 0 Å². The normalized spacial score (nSPS) is 11.2. The van der Waals surface area contributed by atoms with E-state index in [1.807, 2.05) is 36.4 Å². The Balaban J connectivity index is 2.10. The van der Waals surface area contributed by atoms with E-state index in [-0.39, 0.29) is 11.5 Å². The average Bonchev–Trinajstić information content (AvgIpc) is 2.56. The molecule has 0 fully saturated rings. The Morgan fingerprint density at radius 2 is 1.00 bits per heavy atom. The maximum Gasteiger partial charge on any atom is 0.139 e. The Morgan fingerprint density at radius 1 is 0.583 bits per heavy atom. The number of hydrogen-bond acceptors (Lipinski definition) is 4. The first-order chi connectivity index (χ1) is 11.5. The molecule has 0 spiro atoms. The van der Waals surface area contributed by atoms with E-state index in [1.165, 1.54) is 0 Å². The zero-order valence-corrected chi connectivity index (χ0v) is 12.8. The smallest absolute Gasteiger partial charge is 0.139 e. The highest BCUT2D eigenvalue weighted by atomic mass is 16.3. The first-order valence-corrected chi connectivity index (χ1v) is 7.57. The van der Waals surface area contributed by atoms with E-state index in [9.17, 15) is 10.2 Å². The zero-order valence-electron chi connectivity index (χ0n) is 12.8. The Bertz CT molecular complexity index is 1010. The maximum absolute atomic E-state index is 9.85. The molecule has 4 heteroatoms. The minimum atomic E-state index is 0.0757. The van der Waals surface area contributed by atoms with E-state index in [0.29, 0.717) is 11.4 Å². The van der Waals surface area contributed by atoms with Crippen LogP contribution in [-0.2, 0) is 0 Å². The van der Waals surface area contributed by atoms with E-state index in [0.717, 1.165) is 32.7 Å². The van der Waals surface area contributed by atoms with Gasteiger partial charge in [0.05, 0.1) is 11.4 Å². The number of phenols is 2. The summed E-state index contributed by atoms with van der Waals surface area (Å²) in [6.07, 6.45) is 0. The van der Waals surface area contributed by atoms with Crippen molar-refractivity contribution in [3.63, 3.8) is 0 Å². The van der Waals surface area contributed by atoms with Crippen LogP contribution in [0.5, 0.6) is 11.5 Å². The molecule has 0 bridgehead atoms. The monoisotopic (exact) mass is 316 g/mol. The molecule has 0 amide bonds. The number of benzene rings is 4. The Hall–Kier alpha value is -3.40. The topological polar surface area (TPSA) is 92.5 Å². The molecule has 4 aromatic rings. The van der Waals surface area contributed by atoms with E-state index in [2.05, 4.69) is 0 Å². The van der Waals surface area contributed by atoms with Crippen molar-refractivity contribution < 1.29 is 10.2 Å². The molecule has 0 saturated carbocycles. The summed E-state index contributed by atoms with van der Waals surface area (Å²) in [6, 6.07) is 18.7. The van der Waals surface area contributed by atoms with Crippen LogP contribution in [-0.4, -0.2) is 10.2 Å². The molecule has 0 atom stereocenters. The second kappa shape index (κ2) is 5.06. The standard InChI is InChI=1S/C20H16N2O2/c21-17-9-15-11(7-19(17)23)3-1-5-13(15)14-6-2-4-12-8-20(24)18(22)10-16(12)14/h1-10,23-24H,21-22H2. The van der Waals surface area contributed by atoms with Crippen LogP contribution in [0.4, 0.5) is 11.4 Å². The first-order valence-electron chi connectivity index (χ1n) is 7.57. The molecule has 0 aromatic heterocycles. The lowest BCUT2D eigenvalue weighted by Crippen LogP contribution is -1.90. The molecule has 4 nitrogen and oxygen atoms in total. The van der Waals surface area contributed by atoms with Crippen LogP contribution < -0.4 is 11.5 Å². The summed E-state index contributed by atoms with van der Waals surface area (Å²) in [5.74, 6) is 0.151. The highest BCUT2D eigenvalue weighted by Gasteiger charge is 2.11. The molecule has 0 aliphatic carbocycles. The summed E-state index contributed by atoms with van der Waals surface area (Å²) < 4.78 is 0. The quantitative estimate of drug-likeness (QED) is 0.312. The number of fused-ring (bicyclic) bond motifs is 2. The first kappa shape index (κ1) is 14.2. The lowest BCUT2D eigenvalue weighted by atomic mass is 9.93. The molecule has 0 aliphatic rings. The molecule has 0 radical (unpaired) electrons. The van der Waals surface area contributed by atoms with E-state index >= 15 is 0 Å². The number of rotatable bonds is 1. The number of anilines is 2. The van der Waals surface area contributed by atoms with Gasteiger partial charge in [-0.1, -0.05) is 36.4 Å². The van der Waals surface area contributed by atoms with Crippen LogP contribution in [0.1, 0.15) is 0 Å². The van der Waals surface area contributed by atoms with Gasteiger partial charge in [0, 0.05) is 0 Å². The van der Waals surface area contributed by atoms with E-state index in [4.69, 9.17) is 11.5 Å². The van der Waals surface area contributed by atoms with E-state index in [1.54, 1.807) is 24.3 Å². The molecule has 0 saturated heterocycles. The Labute approximate surface area is 138 Å². The van der Waals surface area contributed by atoms with Crippen molar-refractivity contribution in [2.45, 2.75) is 0 Å². The summed E-state index contributed by atoms with van der Waals surface area (Å²) >= 11 is 0. The fraction of sp³-hybridized carbons (Fsp3) is 0. The van der Waals surface area contributed by atoms with Gasteiger partial charge in [-0.3, -0.25) is 0 Å². The van der Waals surface area contributed by atoms with Gasteiger partial charge in [0.15, 0.2) is 0 Å². The van der Waals surface area contributed by atoms with Gasteiger partial charge < -0.3 is 21.7 Å². The minimum Gasteiger partial charge on any atom is -0.506 e. The fourth-order valence-corrected chi connectivity index (χ4v) is 3.13. The maximum atomic E-state index is 9.85. The molecule has 0 aliphatic heterocycles. The molecule has 24 heavy (non-hydrogen) atoms. The third kappa shape index (κ3) is 2.08. The van der Waals surface area contributed by atoms with Gasteiger partial charge in [-0.15, -0.1) is 0 Å². The van der Waals surface area contributed by atoms with Gasteiger partial charge in [0.2, 0.25) is 0 Å². The van der Waals surface area contributed by atoms with Crippen molar-refractivity contribution in [1.82, 2.24) is 0 Å². The molecular formula is C20H16N2O2. The molecular weight excluding hydrogens is 300 g/mol. The Morgan fingerprint density at radius 3 is 1.42 bits per heavy atom. The predicted molar refractivity (Wildman–Crippen MR) is 99.0 cm³/mol. The molecule has 118 valence electrons. The average molecular weight is 316 g/mol. The summed E-state index contributed by atoms with van der Waals surface area (Å²) in [4.78, 5) is 0. The molecule has 6 N–H and O–H groups in total. The van der Waals surface area contributed by atoms with Gasteiger partial charge in [0.25, 0.3) is 0 Å². The number of nitrogens with two attached hydrogens (primary N) is 2. The third-order valence-electron chi connectivity index (χ3n) is 4.35. The Kier molecular flexibility index (Phi) is 3.00. The highest BCUT2D eigenvalue weighted by molar-refractivity contribution is 6.07. The fourth-order valence-electron chi connectivity index (χ4n) is 3.13. The summed E-state index contributed by atoms with van der Waals surface area (Å²) in [7, 11) is 0. The number of hydrogen-bond donors (Lipinski definition) is 4. The second-order valence-electron chi connectivity index (χ2n) is 5.88. The van der Waals surface area contributed by atoms with Crippen LogP contribution in [0.3, 0.4) is 0 Å². The lowest BCUT2D eigenvalue weighted by Gasteiger charge is -2.12. The van der Waals surface area contributed by atoms with Gasteiger partial charge in [-0.05, 0) is 56.9 Å². The molecule has 4 aromatic carbocycles. The van der Waals surface area contributed by atoms with Gasteiger partial charge in [-0.2, -0.15) is 0 Å². The largest absolute Gasteiger partial charge is 0.506 e. The molecule has 4 rings (SSSR count). The van der Waals surface area contributed by atoms with Crippen LogP contribution in [0.25, 0.3) is 32.7 Å². The second-order valence-corrected chi connectivity index (χ2v) is 5.88.